The van der Waals surface area contributed by atoms with Crippen LogP contribution >= 0.6 is 0 Å². The summed E-state index contributed by atoms with van der Waals surface area (Å²) in [4.78, 5) is 22.0. The van der Waals surface area contributed by atoms with Crippen molar-refractivity contribution in [2.24, 2.45) is 0 Å². The molecule has 1 N–H and O–H groups in total. The zero-order valence-electron chi connectivity index (χ0n) is 8.51. The summed E-state index contributed by atoms with van der Waals surface area (Å²) < 4.78 is 9.42. The van der Waals surface area contributed by atoms with E-state index in [0.717, 1.165) is 5.56 Å². The third kappa shape index (κ3) is 2.50. The molecule has 2 rings (SSSR count). The summed E-state index contributed by atoms with van der Waals surface area (Å²) >= 11 is 0. The lowest BCUT2D eigenvalue weighted by atomic mass is 10.2. The molecule has 0 unspecified atom stereocenters. The van der Waals surface area contributed by atoms with Gasteiger partial charge in [-0.15, -0.1) is 0 Å². The molecule has 16 heavy (non-hydrogen) atoms. The zero-order chi connectivity index (χ0) is 11.4. The van der Waals surface area contributed by atoms with Crippen molar-refractivity contribution in [3.63, 3.8) is 0 Å². The number of alkyl carbamates (subject to hydrolysis) is 1. The Labute approximate surface area is 92.4 Å². The third-order valence-corrected chi connectivity index (χ3v) is 2.18. The van der Waals surface area contributed by atoms with Gasteiger partial charge in [-0.1, -0.05) is 30.3 Å². The van der Waals surface area contributed by atoms with Crippen molar-refractivity contribution in [3.05, 3.63) is 35.9 Å². The summed E-state index contributed by atoms with van der Waals surface area (Å²) in [5.74, 6) is -0.420. The topological polar surface area (TPSA) is 64.6 Å². The Bertz CT molecular complexity index is 390. The Morgan fingerprint density at radius 1 is 1.44 bits per heavy atom. The van der Waals surface area contributed by atoms with E-state index in [1.165, 1.54) is 0 Å². The van der Waals surface area contributed by atoms with Crippen molar-refractivity contribution in [2.75, 3.05) is 6.61 Å². The SMILES string of the molecule is O=C(N[C@@H]1COC1=O)OCc1ccccc1. The van der Waals surface area contributed by atoms with E-state index in [1.54, 1.807) is 0 Å². The van der Waals surface area contributed by atoms with Crippen molar-refractivity contribution in [3.8, 4) is 0 Å². The van der Waals surface area contributed by atoms with E-state index in [2.05, 4.69) is 10.1 Å². The van der Waals surface area contributed by atoms with E-state index >= 15 is 0 Å². The van der Waals surface area contributed by atoms with Crippen molar-refractivity contribution in [1.82, 2.24) is 5.32 Å². The number of benzene rings is 1. The second kappa shape index (κ2) is 4.65. The fourth-order valence-corrected chi connectivity index (χ4v) is 1.24. The average Bonchev–Trinajstić information content (AvgIpc) is 2.33. The van der Waals surface area contributed by atoms with E-state index < -0.39 is 18.1 Å². The normalized spacial score (nSPS) is 18.2. The highest BCUT2D eigenvalue weighted by Crippen LogP contribution is 2.04. The summed E-state index contributed by atoms with van der Waals surface area (Å²) in [6.45, 7) is 0.410. The maximum atomic E-state index is 11.2. The zero-order valence-corrected chi connectivity index (χ0v) is 8.51. The van der Waals surface area contributed by atoms with Crippen LogP contribution in [-0.4, -0.2) is 24.7 Å². The Hall–Kier alpha value is -2.04. The predicted octanol–water partition coefficient (Wildman–Crippen LogP) is 0.838. The smallest absolute Gasteiger partial charge is 0.408 e. The lowest BCUT2D eigenvalue weighted by Gasteiger charge is -2.24. The number of nitrogens with one attached hydrogen (secondary N) is 1. The molecule has 5 nitrogen and oxygen atoms in total. The number of amides is 1. The number of carbonyl (C=O) groups is 2. The molecule has 0 spiro atoms. The van der Waals surface area contributed by atoms with Crippen LogP contribution in [0.1, 0.15) is 5.56 Å². The molecule has 0 aliphatic carbocycles. The molecule has 5 heteroatoms. The van der Waals surface area contributed by atoms with Crippen molar-refractivity contribution in [1.29, 1.82) is 0 Å². The monoisotopic (exact) mass is 221 g/mol. The number of cyclic esters (lactones) is 1. The summed E-state index contributed by atoms with van der Waals surface area (Å²) in [7, 11) is 0. The summed E-state index contributed by atoms with van der Waals surface area (Å²) in [5.41, 5.74) is 0.897. The van der Waals surface area contributed by atoms with Crippen LogP contribution in [0.2, 0.25) is 0 Å². The van der Waals surface area contributed by atoms with Gasteiger partial charge in [0.2, 0.25) is 0 Å². The number of rotatable bonds is 3. The van der Waals surface area contributed by atoms with Crippen LogP contribution in [0.25, 0.3) is 0 Å². The van der Waals surface area contributed by atoms with Crippen LogP contribution in [-0.2, 0) is 20.9 Å². The fraction of sp³-hybridized carbons (Fsp3) is 0.273. The van der Waals surface area contributed by atoms with Gasteiger partial charge in [0.05, 0.1) is 0 Å². The Balaban J connectivity index is 1.74. The third-order valence-electron chi connectivity index (χ3n) is 2.18. The van der Waals surface area contributed by atoms with E-state index in [1.807, 2.05) is 30.3 Å². The maximum Gasteiger partial charge on any atom is 0.408 e. The van der Waals surface area contributed by atoms with Crippen LogP contribution < -0.4 is 5.32 Å². The molecule has 1 heterocycles. The Morgan fingerprint density at radius 3 is 2.75 bits per heavy atom. The van der Waals surface area contributed by atoms with E-state index in [4.69, 9.17) is 4.74 Å². The molecule has 0 saturated carbocycles. The van der Waals surface area contributed by atoms with Gasteiger partial charge in [-0.3, -0.25) is 0 Å². The largest absolute Gasteiger partial charge is 0.461 e. The molecule has 0 radical (unpaired) electrons. The van der Waals surface area contributed by atoms with Gasteiger partial charge in [-0.05, 0) is 5.56 Å². The standard InChI is InChI=1S/C11H11NO4/c13-10-9(7-15-10)12-11(14)16-6-8-4-2-1-3-5-8/h1-5,9H,6-7H2,(H,12,14)/t9-/m1/s1. The molecule has 0 aromatic heterocycles. The van der Waals surface area contributed by atoms with Crippen molar-refractivity contribution < 1.29 is 19.1 Å². The molecule has 1 aliphatic rings. The number of esters is 1. The summed E-state index contributed by atoms with van der Waals surface area (Å²) in [6.07, 6.45) is -0.606. The second-order valence-electron chi connectivity index (χ2n) is 3.39. The van der Waals surface area contributed by atoms with Gasteiger partial charge in [0.25, 0.3) is 0 Å². The van der Waals surface area contributed by atoms with Crippen molar-refractivity contribution in [2.45, 2.75) is 12.6 Å². The molecule has 84 valence electrons. The Kier molecular flexibility index (Phi) is 3.05. The molecule has 1 atom stereocenters. The van der Waals surface area contributed by atoms with Crippen LogP contribution in [0.4, 0.5) is 4.79 Å². The molecular formula is C11H11NO4. The van der Waals surface area contributed by atoms with Crippen LogP contribution in [0.15, 0.2) is 30.3 Å². The lowest BCUT2D eigenvalue weighted by Crippen LogP contribution is -2.52. The number of ether oxygens (including phenoxy) is 2. The summed E-state index contributed by atoms with van der Waals surface area (Å²) in [6, 6.07) is 8.76. The molecule has 1 aromatic carbocycles. The first-order valence-corrected chi connectivity index (χ1v) is 4.89. The number of hydrogen-bond donors (Lipinski definition) is 1. The molecule has 1 aromatic rings. The minimum absolute atomic E-state index is 0.189. The molecule has 1 aliphatic heterocycles. The fourth-order valence-electron chi connectivity index (χ4n) is 1.24. The van der Waals surface area contributed by atoms with E-state index in [-0.39, 0.29) is 13.2 Å². The maximum absolute atomic E-state index is 11.2. The average molecular weight is 221 g/mol. The quantitative estimate of drug-likeness (QED) is 0.768. The number of carbonyl (C=O) groups excluding carboxylic acids is 2. The molecule has 1 fully saturated rings. The van der Waals surface area contributed by atoms with E-state index in [9.17, 15) is 9.59 Å². The van der Waals surface area contributed by atoms with Gasteiger partial charge in [0.1, 0.15) is 13.2 Å². The first kappa shape index (κ1) is 10.5. The highest BCUT2D eigenvalue weighted by atomic mass is 16.6. The van der Waals surface area contributed by atoms with Crippen LogP contribution in [0.3, 0.4) is 0 Å². The van der Waals surface area contributed by atoms with Gasteiger partial charge in [-0.2, -0.15) is 0 Å². The van der Waals surface area contributed by atoms with Crippen LogP contribution in [0, 0.1) is 0 Å². The highest BCUT2D eigenvalue weighted by molar-refractivity contribution is 5.85. The highest BCUT2D eigenvalue weighted by Gasteiger charge is 2.32. The predicted molar refractivity (Wildman–Crippen MR) is 54.5 cm³/mol. The summed E-state index contributed by atoms with van der Waals surface area (Å²) in [5, 5.41) is 2.40. The number of hydrogen-bond acceptors (Lipinski definition) is 4. The minimum Gasteiger partial charge on any atom is -0.461 e. The Morgan fingerprint density at radius 2 is 2.19 bits per heavy atom. The lowest BCUT2D eigenvalue weighted by molar-refractivity contribution is -0.162. The molecule has 0 bridgehead atoms. The first-order valence-electron chi connectivity index (χ1n) is 4.89. The van der Waals surface area contributed by atoms with Gasteiger partial charge < -0.3 is 14.8 Å². The van der Waals surface area contributed by atoms with Gasteiger partial charge >= 0.3 is 12.1 Å². The van der Waals surface area contributed by atoms with Crippen molar-refractivity contribution >= 4 is 12.1 Å². The molecule has 1 saturated heterocycles. The minimum atomic E-state index is -0.606. The second-order valence-corrected chi connectivity index (χ2v) is 3.39. The van der Waals surface area contributed by atoms with Gasteiger partial charge in [0, 0.05) is 0 Å². The molecular weight excluding hydrogens is 210 g/mol. The first-order chi connectivity index (χ1) is 7.75. The van der Waals surface area contributed by atoms with E-state index in [0.29, 0.717) is 0 Å². The van der Waals surface area contributed by atoms with Crippen LogP contribution in [0.5, 0.6) is 0 Å². The molecule has 1 amide bonds. The van der Waals surface area contributed by atoms with Gasteiger partial charge in [0.15, 0.2) is 6.04 Å². The van der Waals surface area contributed by atoms with Gasteiger partial charge in [-0.25, -0.2) is 9.59 Å².